The van der Waals surface area contributed by atoms with Crippen LogP contribution in [0.3, 0.4) is 0 Å². The van der Waals surface area contributed by atoms with Crippen LogP contribution in [0.15, 0.2) is 55.1 Å². The molecule has 28 heavy (non-hydrogen) atoms. The third-order valence-electron chi connectivity index (χ3n) is 4.99. The third kappa shape index (κ3) is 4.14. The number of rotatable bonds is 8. The zero-order chi connectivity index (χ0) is 20.1. The van der Waals surface area contributed by atoms with Gasteiger partial charge in [-0.3, -0.25) is 0 Å². The maximum Gasteiger partial charge on any atom is 0.339 e. The Labute approximate surface area is 163 Å². The van der Waals surface area contributed by atoms with E-state index in [1.165, 1.54) is 12.1 Å². The van der Waals surface area contributed by atoms with E-state index < -0.39 is 5.97 Å². The van der Waals surface area contributed by atoms with Crippen LogP contribution in [0.1, 0.15) is 48.7 Å². The summed E-state index contributed by atoms with van der Waals surface area (Å²) >= 11 is 0. The summed E-state index contributed by atoms with van der Waals surface area (Å²) in [5.41, 5.74) is 2.48. The Morgan fingerprint density at radius 2 is 1.79 bits per heavy atom. The van der Waals surface area contributed by atoms with E-state index in [0.29, 0.717) is 11.6 Å². The molecule has 7 nitrogen and oxygen atoms in total. The van der Waals surface area contributed by atoms with Crippen molar-refractivity contribution >= 4 is 17.3 Å². The summed E-state index contributed by atoms with van der Waals surface area (Å²) in [6, 6.07) is 12.6. The quantitative estimate of drug-likeness (QED) is 0.534. The van der Waals surface area contributed by atoms with Crippen LogP contribution in [-0.4, -0.2) is 30.9 Å². The van der Waals surface area contributed by atoms with Gasteiger partial charge in [0.15, 0.2) is 0 Å². The minimum atomic E-state index is -1.16. The smallest absolute Gasteiger partial charge is 0.339 e. The number of aromatic hydroxyl groups is 1. The Morgan fingerprint density at radius 1 is 1.11 bits per heavy atom. The lowest BCUT2D eigenvalue weighted by atomic mass is 9.89. The Hall–Kier alpha value is -3.35. The number of carbonyl (C=O) groups is 1. The van der Waals surface area contributed by atoms with Crippen molar-refractivity contribution < 1.29 is 15.0 Å². The first-order valence-corrected chi connectivity index (χ1v) is 9.30. The third-order valence-corrected chi connectivity index (χ3v) is 4.99. The normalized spacial score (nSPS) is 12.1. The molecular formula is C21H24N4O3. The van der Waals surface area contributed by atoms with E-state index in [4.69, 9.17) is 5.11 Å². The first kappa shape index (κ1) is 19.4. The van der Waals surface area contributed by atoms with Crippen LogP contribution in [-0.2, 0) is 0 Å². The lowest BCUT2D eigenvalue weighted by molar-refractivity contribution is 0.0694. The molecule has 3 aromatic rings. The maximum atomic E-state index is 11.0. The summed E-state index contributed by atoms with van der Waals surface area (Å²) in [4.78, 5) is 15.1. The standard InChI is InChI=1S/C21H24N4O3/c1-3-14(4-2)20(25-13-22-12-23-25)15-5-7-16(8-6-15)24-17-9-10-18(21(27)28)19(26)11-17/h5-14,20,24,26H,3-4H2,1-2H3,(H,27,28). The fourth-order valence-electron chi connectivity index (χ4n) is 3.46. The van der Waals surface area contributed by atoms with Gasteiger partial charge >= 0.3 is 5.97 Å². The number of carboxylic acid groups (broad SMARTS) is 1. The second-order valence-corrected chi connectivity index (χ2v) is 6.68. The number of nitrogens with zero attached hydrogens (tertiary/aromatic N) is 3. The van der Waals surface area contributed by atoms with Crippen LogP contribution >= 0.6 is 0 Å². The monoisotopic (exact) mass is 380 g/mol. The van der Waals surface area contributed by atoms with Crippen molar-refractivity contribution in [3.8, 4) is 5.75 Å². The SMILES string of the molecule is CCC(CC)C(c1ccc(Nc2ccc(C(=O)O)c(O)c2)cc1)n1cncn1. The molecule has 0 bridgehead atoms. The van der Waals surface area contributed by atoms with Gasteiger partial charge in [0.1, 0.15) is 24.0 Å². The van der Waals surface area contributed by atoms with Gasteiger partial charge in [-0.2, -0.15) is 5.10 Å². The Bertz CT molecular complexity index is 919. The number of aromatic nitrogens is 3. The predicted octanol–water partition coefficient (Wildman–Crippen LogP) is 4.45. The zero-order valence-corrected chi connectivity index (χ0v) is 15.9. The second kappa shape index (κ2) is 8.56. The minimum Gasteiger partial charge on any atom is -0.507 e. The highest BCUT2D eigenvalue weighted by Gasteiger charge is 2.23. The van der Waals surface area contributed by atoms with E-state index in [9.17, 15) is 9.90 Å². The number of aromatic carboxylic acids is 1. The lowest BCUT2D eigenvalue weighted by Crippen LogP contribution is -2.20. The van der Waals surface area contributed by atoms with Crippen molar-refractivity contribution in [1.29, 1.82) is 0 Å². The Morgan fingerprint density at radius 3 is 2.32 bits per heavy atom. The van der Waals surface area contributed by atoms with E-state index in [-0.39, 0.29) is 17.4 Å². The van der Waals surface area contributed by atoms with E-state index in [2.05, 4.69) is 41.4 Å². The topological polar surface area (TPSA) is 100 Å². The van der Waals surface area contributed by atoms with Gasteiger partial charge in [-0.15, -0.1) is 0 Å². The maximum absolute atomic E-state index is 11.0. The molecule has 7 heteroatoms. The van der Waals surface area contributed by atoms with Gasteiger partial charge in [-0.25, -0.2) is 14.5 Å². The zero-order valence-electron chi connectivity index (χ0n) is 15.9. The average molecular weight is 380 g/mol. The molecule has 0 fully saturated rings. The van der Waals surface area contributed by atoms with E-state index in [1.807, 2.05) is 16.8 Å². The molecule has 0 saturated heterocycles. The number of nitrogens with one attached hydrogen (secondary N) is 1. The second-order valence-electron chi connectivity index (χ2n) is 6.68. The number of benzene rings is 2. The summed E-state index contributed by atoms with van der Waals surface area (Å²) in [5.74, 6) is -0.982. The summed E-state index contributed by atoms with van der Waals surface area (Å²) in [5, 5.41) is 26.4. The molecule has 0 spiro atoms. The van der Waals surface area contributed by atoms with Gasteiger partial charge in [0.2, 0.25) is 0 Å². The van der Waals surface area contributed by atoms with Gasteiger partial charge in [0, 0.05) is 17.4 Å². The summed E-state index contributed by atoms with van der Waals surface area (Å²) < 4.78 is 1.91. The van der Waals surface area contributed by atoms with Crippen molar-refractivity contribution in [3.63, 3.8) is 0 Å². The minimum absolute atomic E-state index is 0.116. The van der Waals surface area contributed by atoms with Gasteiger partial charge in [0.25, 0.3) is 0 Å². The number of hydrogen-bond acceptors (Lipinski definition) is 5. The molecule has 1 unspecified atom stereocenters. The molecule has 0 aliphatic heterocycles. The van der Waals surface area contributed by atoms with Crippen LogP contribution in [0, 0.1) is 5.92 Å². The van der Waals surface area contributed by atoms with E-state index in [0.717, 1.165) is 24.1 Å². The van der Waals surface area contributed by atoms with Crippen LogP contribution < -0.4 is 5.32 Å². The first-order valence-electron chi connectivity index (χ1n) is 9.30. The van der Waals surface area contributed by atoms with Gasteiger partial charge < -0.3 is 15.5 Å². The molecule has 3 rings (SSSR count). The molecule has 0 aliphatic carbocycles. The van der Waals surface area contributed by atoms with Crippen molar-refractivity contribution in [2.24, 2.45) is 5.92 Å². The summed E-state index contributed by atoms with van der Waals surface area (Å²) in [6.45, 7) is 4.36. The van der Waals surface area contributed by atoms with Crippen molar-refractivity contribution in [2.45, 2.75) is 32.7 Å². The molecule has 146 valence electrons. The van der Waals surface area contributed by atoms with Crippen molar-refractivity contribution in [1.82, 2.24) is 14.8 Å². The molecule has 1 aromatic heterocycles. The highest BCUT2D eigenvalue weighted by molar-refractivity contribution is 5.91. The molecule has 0 amide bonds. The Balaban J connectivity index is 1.82. The molecule has 2 aromatic carbocycles. The van der Waals surface area contributed by atoms with Crippen molar-refractivity contribution in [2.75, 3.05) is 5.32 Å². The van der Waals surface area contributed by atoms with Crippen LogP contribution in [0.25, 0.3) is 0 Å². The molecule has 0 aliphatic rings. The Kier molecular flexibility index (Phi) is 5.93. The highest BCUT2D eigenvalue weighted by atomic mass is 16.4. The van der Waals surface area contributed by atoms with Crippen LogP contribution in [0.4, 0.5) is 11.4 Å². The highest BCUT2D eigenvalue weighted by Crippen LogP contribution is 2.32. The largest absolute Gasteiger partial charge is 0.507 e. The average Bonchev–Trinajstić information content (AvgIpc) is 3.21. The fraction of sp³-hybridized carbons (Fsp3) is 0.286. The predicted molar refractivity (Wildman–Crippen MR) is 107 cm³/mol. The molecule has 1 atom stereocenters. The number of phenols is 1. The first-order chi connectivity index (χ1) is 13.5. The summed E-state index contributed by atoms with van der Waals surface area (Å²) in [7, 11) is 0. The fourth-order valence-corrected chi connectivity index (χ4v) is 3.46. The molecular weight excluding hydrogens is 356 g/mol. The molecule has 0 saturated carbocycles. The number of anilines is 2. The lowest BCUT2D eigenvalue weighted by Gasteiger charge is -2.26. The molecule has 3 N–H and O–H groups in total. The van der Waals surface area contributed by atoms with E-state index >= 15 is 0 Å². The number of hydrogen-bond donors (Lipinski definition) is 3. The van der Waals surface area contributed by atoms with Crippen LogP contribution in [0.5, 0.6) is 5.75 Å². The van der Waals surface area contributed by atoms with Crippen LogP contribution in [0.2, 0.25) is 0 Å². The molecule has 0 radical (unpaired) electrons. The van der Waals surface area contributed by atoms with Gasteiger partial charge in [-0.1, -0.05) is 38.8 Å². The van der Waals surface area contributed by atoms with E-state index in [1.54, 1.807) is 18.7 Å². The van der Waals surface area contributed by atoms with Crippen molar-refractivity contribution in [3.05, 3.63) is 66.2 Å². The summed E-state index contributed by atoms with van der Waals surface area (Å²) in [6.07, 6.45) is 5.38. The van der Waals surface area contributed by atoms with Gasteiger partial charge in [0.05, 0.1) is 6.04 Å². The molecule has 1 heterocycles. The van der Waals surface area contributed by atoms with Gasteiger partial charge in [-0.05, 0) is 35.7 Å². The number of carboxylic acids is 1.